The van der Waals surface area contributed by atoms with Crippen LogP contribution in [0.1, 0.15) is 83.1 Å². The second-order valence-corrected chi connectivity index (χ2v) is 8.49. The van der Waals surface area contributed by atoms with E-state index in [1.807, 2.05) is 0 Å². The molecule has 0 aliphatic rings. The summed E-state index contributed by atoms with van der Waals surface area (Å²) in [6, 6.07) is 7.76. The van der Waals surface area contributed by atoms with Gasteiger partial charge in [-0.05, 0) is 30.4 Å². The highest BCUT2D eigenvalue weighted by molar-refractivity contribution is 5.39. The molecule has 0 radical (unpaired) electrons. The van der Waals surface area contributed by atoms with Gasteiger partial charge >= 0.3 is 0 Å². The summed E-state index contributed by atoms with van der Waals surface area (Å²) in [6.07, 6.45) is 14.1. The monoisotopic (exact) mass is 417 g/mol. The molecule has 0 spiro atoms. The van der Waals surface area contributed by atoms with Crippen LogP contribution in [0.25, 0.3) is 0 Å². The molecule has 1 unspecified atom stereocenters. The molecule has 2 aromatic rings. The normalized spacial score (nSPS) is 12.3. The third kappa shape index (κ3) is 8.21. The first kappa shape index (κ1) is 24.0. The Bertz CT molecular complexity index is 721. The Morgan fingerprint density at radius 1 is 0.733 bits per heavy atom. The molecule has 0 saturated heterocycles. The van der Waals surface area contributed by atoms with E-state index in [9.17, 15) is 20.4 Å². The van der Waals surface area contributed by atoms with Crippen LogP contribution in [-0.4, -0.2) is 25.0 Å². The summed E-state index contributed by atoms with van der Waals surface area (Å²) >= 11 is 0. The average Bonchev–Trinajstić information content (AvgIpc) is 3.04. The van der Waals surface area contributed by atoms with Crippen molar-refractivity contribution in [3.8, 4) is 23.3 Å². The van der Waals surface area contributed by atoms with Crippen molar-refractivity contribution < 1.29 is 20.4 Å². The highest BCUT2D eigenvalue weighted by Crippen LogP contribution is 2.30. The van der Waals surface area contributed by atoms with E-state index in [1.54, 1.807) is 12.1 Å². The maximum atomic E-state index is 10.2. The lowest BCUT2D eigenvalue weighted by molar-refractivity contribution is 0.333. The third-order valence-corrected chi connectivity index (χ3v) is 5.99. The maximum absolute atomic E-state index is 10.2. The van der Waals surface area contributed by atoms with Gasteiger partial charge in [0.15, 0.2) is 11.8 Å². The van der Waals surface area contributed by atoms with Crippen molar-refractivity contribution in [3.63, 3.8) is 0 Å². The Morgan fingerprint density at radius 3 is 1.93 bits per heavy atom. The van der Waals surface area contributed by atoms with Crippen LogP contribution in [0.15, 0.2) is 30.3 Å². The lowest BCUT2D eigenvalue weighted by Gasteiger charge is -2.19. The van der Waals surface area contributed by atoms with Gasteiger partial charge in [-0.15, -0.1) is 0 Å². The van der Waals surface area contributed by atoms with Gasteiger partial charge in [-0.3, -0.25) is 4.57 Å². The molecule has 2 rings (SSSR count). The number of unbranched alkanes of at least 4 members (excludes halogenated alkanes) is 8. The molecule has 0 amide bonds. The minimum atomic E-state index is 0.0638. The fourth-order valence-corrected chi connectivity index (χ4v) is 4.12. The standard InChI is InChI=1S/C25H39NO4/c1-2-3-4-5-6-7-8-9-10-11-20(16-17-26-24(29)14-15-25(26)30)18-21-12-13-22(27)19-23(21)28/h12-15,19-20,27-30H,2-11,16-18H2,1H3. The number of hydrogen-bond donors (Lipinski definition) is 4. The number of nitrogens with zero attached hydrogens (tertiary/aromatic N) is 1. The number of phenolic OH excluding ortho intramolecular Hbond substituents is 2. The molecule has 1 aromatic carbocycles. The number of benzene rings is 1. The first-order chi connectivity index (χ1) is 14.5. The van der Waals surface area contributed by atoms with Crippen molar-refractivity contribution in [1.82, 2.24) is 4.57 Å². The molecule has 0 saturated carbocycles. The van der Waals surface area contributed by atoms with Crippen LogP contribution in [0.3, 0.4) is 0 Å². The predicted octanol–water partition coefficient (Wildman–Crippen LogP) is 6.48. The molecule has 5 heteroatoms. The number of phenols is 2. The minimum Gasteiger partial charge on any atom is -0.508 e. The molecule has 1 aromatic heterocycles. The van der Waals surface area contributed by atoms with Crippen LogP contribution in [0.2, 0.25) is 0 Å². The smallest absolute Gasteiger partial charge is 0.193 e. The van der Waals surface area contributed by atoms with E-state index >= 15 is 0 Å². The third-order valence-electron chi connectivity index (χ3n) is 5.99. The summed E-state index contributed by atoms with van der Waals surface area (Å²) in [5, 5.41) is 39.5. The zero-order valence-electron chi connectivity index (χ0n) is 18.4. The molecule has 1 atom stereocenters. The number of rotatable bonds is 15. The van der Waals surface area contributed by atoms with Gasteiger partial charge < -0.3 is 20.4 Å². The van der Waals surface area contributed by atoms with Gasteiger partial charge in [-0.25, -0.2) is 0 Å². The molecule has 4 N–H and O–H groups in total. The quantitative estimate of drug-likeness (QED) is 0.250. The topological polar surface area (TPSA) is 85.9 Å². The van der Waals surface area contributed by atoms with Gasteiger partial charge in [0.25, 0.3) is 0 Å². The molecule has 0 fully saturated rings. The van der Waals surface area contributed by atoms with Gasteiger partial charge in [0.2, 0.25) is 0 Å². The number of aromatic hydroxyl groups is 4. The van der Waals surface area contributed by atoms with Crippen LogP contribution in [0, 0.1) is 5.92 Å². The summed E-state index contributed by atoms with van der Waals surface area (Å²) in [7, 11) is 0. The molecule has 0 bridgehead atoms. The first-order valence-electron chi connectivity index (χ1n) is 11.6. The Hall–Kier alpha value is -2.30. The average molecular weight is 418 g/mol. The molecular formula is C25H39NO4. The SMILES string of the molecule is CCCCCCCCCCCC(CCn1c(O)ccc1O)Cc1ccc(O)cc1O. The maximum Gasteiger partial charge on any atom is 0.193 e. The summed E-state index contributed by atoms with van der Waals surface area (Å²) in [4.78, 5) is 0. The Morgan fingerprint density at radius 2 is 1.33 bits per heavy atom. The van der Waals surface area contributed by atoms with Gasteiger partial charge in [-0.1, -0.05) is 77.2 Å². The summed E-state index contributed by atoms with van der Waals surface area (Å²) in [5.41, 5.74) is 0.828. The van der Waals surface area contributed by atoms with E-state index < -0.39 is 0 Å². The van der Waals surface area contributed by atoms with Crippen molar-refractivity contribution in [3.05, 3.63) is 35.9 Å². The van der Waals surface area contributed by atoms with E-state index in [0.717, 1.165) is 24.8 Å². The van der Waals surface area contributed by atoms with E-state index in [4.69, 9.17) is 0 Å². The summed E-state index contributed by atoms with van der Waals surface area (Å²) in [6.45, 7) is 2.78. The van der Waals surface area contributed by atoms with Crippen LogP contribution >= 0.6 is 0 Å². The van der Waals surface area contributed by atoms with Crippen LogP contribution in [0.4, 0.5) is 0 Å². The second kappa shape index (κ2) is 13.1. The van der Waals surface area contributed by atoms with Crippen LogP contribution < -0.4 is 0 Å². The van der Waals surface area contributed by atoms with E-state index in [-0.39, 0.29) is 23.3 Å². The largest absolute Gasteiger partial charge is 0.508 e. The van der Waals surface area contributed by atoms with Crippen molar-refractivity contribution in [2.24, 2.45) is 5.92 Å². The van der Waals surface area contributed by atoms with Gasteiger partial charge in [0.05, 0.1) is 0 Å². The number of aromatic nitrogens is 1. The molecule has 30 heavy (non-hydrogen) atoms. The van der Waals surface area contributed by atoms with Gasteiger partial charge in [-0.2, -0.15) is 0 Å². The van der Waals surface area contributed by atoms with E-state index in [1.165, 1.54) is 74.1 Å². The minimum absolute atomic E-state index is 0.0638. The summed E-state index contributed by atoms with van der Waals surface area (Å²) < 4.78 is 1.51. The zero-order valence-corrected chi connectivity index (χ0v) is 18.4. The highest BCUT2D eigenvalue weighted by atomic mass is 16.3. The second-order valence-electron chi connectivity index (χ2n) is 8.49. The van der Waals surface area contributed by atoms with E-state index in [0.29, 0.717) is 18.9 Å². The van der Waals surface area contributed by atoms with Gasteiger partial charge in [0.1, 0.15) is 11.5 Å². The summed E-state index contributed by atoms with van der Waals surface area (Å²) in [5.74, 6) is 0.655. The van der Waals surface area contributed by atoms with Gasteiger partial charge in [0, 0.05) is 24.7 Å². The lowest BCUT2D eigenvalue weighted by atomic mass is 9.90. The highest BCUT2D eigenvalue weighted by Gasteiger charge is 2.15. The molecule has 0 aliphatic carbocycles. The Labute approximate surface area is 181 Å². The van der Waals surface area contributed by atoms with Crippen molar-refractivity contribution in [1.29, 1.82) is 0 Å². The predicted molar refractivity (Wildman–Crippen MR) is 121 cm³/mol. The molecular weight excluding hydrogens is 378 g/mol. The molecule has 168 valence electrons. The Balaban J connectivity index is 1.82. The number of hydrogen-bond acceptors (Lipinski definition) is 4. The zero-order chi connectivity index (χ0) is 21.8. The van der Waals surface area contributed by atoms with Crippen molar-refractivity contribution >= 4 is 0 Å². The molecule has 0 aliphatic heterocycles. The fraction of sp³-hybridized carbons (Fsp3) is 0.600. The van der Waals surface area contributed by atoms with Crippen molar-refractivity contribution in [2.75, 3.05) is 0 Å². The Kier molecular flexibility index (Phi) is 10.5. The van der Waals surface area contributed by atoms with E-state index in [2.05, 4.69) is 6.92 Å². The van der Waals surface area contributed by atoms with Crippen LogP contribution in [0.5, 0.6) is 23.3 Å². The molecule has 5 nitrogen and oxygen atoms in total. The molecule has 1 heterocycles. The first-order valence-corrected chi connectivity index (χ1v) is 11.6. The fourth-order valence-electron chi connectivity index (χ4n) is 4.12. The van der Waals surface area contributed by atoms with Crippen molar-refractivity contribution in [2.45, 2.75) is 90.5 Å². The lowest BCUT2D eigenvalue weighted by Crippen LogP contribution is -2.10. The van der Waals surface area contributed by atoms with Crippen LogP contribution in [-0.2, 0) is 13.0 Å².